The standard InChI is InChI=1S/C15H23NO/c1-5-14(17)12-8-10-13(11-9-12)16-15(4,6-2)7-3/h8-11,16H,5-7H2,1-4H3. The van der Waals surface area contributed by atoms with Gasteiger partial charge >= 0.3 is 0 Å². The van der Waals surface area contributed by atoms with Crippen LogP contribution in [0.5, 0.6) is 0 Å². The van der Waals surface area contributed by atoms with Crippen LogP contribution in [0.15, 0.2) is 24.3 Å². The minimum absolute atomic E-state index is 0.135. The van der Waals surface area contributed by atoms with Gasteiger partial charge < -0.3 is 5.32 Å². The molecule has 0 amide bonds. The van der Waals surface area contributed by atoms with Gasteiger partial charge in [-0.2, -0.15) is 0 Å². The van der Waals surface area contributed by atoms with Gasteiger partial charge in [-0.05, 0) is 44.0 Å². The monoisotopic (exact) mass is 233 g/mol. The molecule has 0 atom stereocenters. The number of rotatable bonds is 6. The molecule has 0 unspecified atom stereocenters. The maximum absolute atomic E-state index is 11.5. The van der Waals surface area contributed by atoms with Gasteiger partial charge in [-0.15, -0.1) is 0 Å². The summed E-state index contributed by atoms with van der Waals surface area (Å²) in [6.45, 7) is 8.48. The Labute approximate surface area is 104 Å². The molecule has 0 aliphatic carbocycles. The number of Topliss-reactive ketones (excluding diaryl/α,β-unsaturated/α-hetero) is 1. The Bertz CT molecular complexity index is 363. The van der Waals surface area contributed by atoms with Crippen LogP contribution in [0.4, 0.5) is 5.69 Å². The first-order valence-electron chi connectivity index (χ1n) is 6.46. The van der Waals surface area contributed by atoms with Gasteiger partial charge in [-0.1, -0.05) is 20.8 Å². The molecule has 94 valence electrons. The van der Waals surface area contributed by atoms with Crippen molar-refractivity contribution in [2.75, 3.05) is 5.32 Å². The van der Waals surface area contributed by atoms with Gasteiger partial charge in [0.25, 0.3) is 0 Å². The van der Waals surface area contributed by atoms with E-state index in [4.69, 9.17) is 0 Å². The molecule has 1 aromatic carbocycles. The van der Waals surface area contributed by atoms with Crippen LogP contribution in [0, 0.1) is 0 Å². The van der Waals surface area contributed by atoms with Crippen molar-refractivity contribution in [2.24, 2.45) is 0 Å². The first-order chi connectivity index (χ1) is 8.04. The van der Waals surface area contributed by atoms with Gasteiger partial charge in [0.1, 0.15) is 0 Å². The molecule has 0 fully saturated rings. The summed E-state index contributed by atoms with van der Waals surface area (Å²) in [7, 11) is 0. The Hall–Kier alpha value is -1.31. The number of nitrogens with one attached hydrogen (secondary N) is 1. The van der Waals surface area contributed by atoms with E-state index in [-0.39, 0.29) is 11.3 Å². The Balaban J connectivity index is 2.78. The molecule has 1 rings (SSSR count). The van der Waals surface area contributed by atoms with Crippen LogP contribution in [-0.4, -0.2) is 11.3 Å². The van der Waals surface area contributed by atoms with Gasteiger partial charge in [-0.3, -0.25) is 4.79 Å². The van der Waals surface area contributed by atoms with E-state index in [9.17, 15) is 4.79 Å². The Kier molecular flexibility index (Phi) is 4.73. The van der Waals surface area contributed by atoms with E-state index < -0.39 is 0 Å². The van der Waals surface area contributed by atoms with Gasteiger partial charge in [0.05, 0.1) is 0 Å². The van der Waals surface area contributed by atoms with Gasteiger partial charge in [0, 0.05) is 23.2 Å². The number of hydrogen-bond acceptors (Lipinski definition) is 2. The third kappa shape index (κ3) is 3.58. The summed E-state index contributed by atoms with van der Waals surface area (Å²) in [5.74, 6) is 0.199. The summed E-state index contributed by atoms with van der Waals surface area (Å²) < 4.78 is 0. The zero-order chi connectivity index (χ0) is 12.9. The molecule has 17 heavy (non-hydrogen) atoms. The van der Waals surface area contributed by atoms with Crippen molar-refractivity contribution in [1.82, 2.24) is 0 Å². The lowest BCUT2D eigenvalue weighted by atomic mass is 9.95. The van der Waals surface area contributed by atoms with Crippen molar-refractivity contribution in [2.45, 2.75) is 52.5 Å². The lowest BCUT2D eigenvalue weighted by Crippen LogP contribution is -2.32. The molecular weight excluding hydrogens is 210 g/mol. The minimum Gasteiger partial charge on any atom is -0.380 e. The molecule has 0 saturated heterocycles. The van der Waals surface area contributed by atoms with Crippen LogP contribution in [0.1, 0.15) is 57.3 Å². The zero-order valence-electron chi connectivity index (χ0n) is 11.3. The summed E-state index contributed by atoms with van der Waals surface area (Å²) >= 11 is 0. The van der Waals surface area contributed by atoms with E-state index >= 15 is 0 Å². The number of ketones is 1. The van der Waals surface area contributed by atoms with Crippen molar-refractivity contribution in [3.05, 3.63) is 29.8 Å². The highest BCUT2D eigenvalue weighted by Gasteiger charge is 2.18. The highest BCUT2D eigenvalue weighted by Crippen LogP contribution is 2.22. The predicted octanol–water partition coefficient (Wildman–Crippen LogP) is 4.27. The second-order valence-electron chi connectivity index (χ2n) is 4.75. The van der Waals surface area contributed by atoms with Crippen molar-refractivity contribution >= 4 is 11.5 Å². The Morgan fingerprint density at radius 3 is 2.06 bits per heavy atom. The molecule has 2 nitrogen and oxygen atoms in total. The first-order valence-corrected chi connectivity index (χ1v) is 6.46. The van der Waals surface area contributed by atoms with E-state index in [2.05, 4.69) is 26.1 Å². The molecule has 0 radical (unpaired) electrons. The van der Waals surface area contributed by atoms with Crippen molar-refractivity contribution in [3.63, 3.8) is 0 Å². The third-order valence-electron chi connectivity index (χ3n) is 3.53. The number of carbonyl (C=O) groups is 1. The molecule has 1 N–H and O–H groups in total. The van der Waals surface area contributed by atoms with E-state index in [0.717, 1.165) is 24.1 Å². The summed E-state index contributed by atoms with van der Waals surface area (Å²) in [4.78, 5) is 11.5. The van der Waals surface area contributed by atoms with E-state index in [1.807, 2.05) is 31.2 Å². The highest BCUT2D eigenvalue weighted by atomic mass is 16.1. The second-order valence-corrected chi connectivity index (χ2v) is 4.75. The average molecular weight is 233 g/mol. The van der Waals surface area contributed by atoms with Crippen molar-refractivity contribution in [3.8, 4) is 0 Å². The Morgan fingerprint density at radius 2 is 1.65 bits per heavy atom. The lowest BCUT2D eigenvalue weighted by Gasteiger charge is -2.29. The van der Waals surface area contributed by atoms with Gasteiger partial charge in [0.2, 0.25) is 0 Å². The minimum atomic E-state index is 0.135. The number of carbonyl (C=O) groups excluding carboxylic acids is 1. The summed E-state index contributed by atoms with van der Waals surface area (Å²) in [5.41, 5.74) is 2.02. The third-order valence-corrected chi connectivity index (χ3v) is 3.53. The second kappa shape index (κ2) is 5.85. The first kappa shape index (κ1) is 13.8. The largest absolute Gasteiger partial charge is 0.380 e. The molecule has 0 aliphatic heterocycles. The molecule has 0 spiro atoms. The topological polar surface area (TPSA) is 29.1 Å². The van der Waals surface area contributed by atoms with Crippen LogP contribution in [0.25, 0.3) is 0 Å². The fourth-order valence-electron chi connectivity index (χ4n) is 1.72. The molecule has 0 aliphatic rings. The molecule has 0 bridgehead atoms. The molecule has 0 saturated carbocycles. The molecule has 0 aromatic heterocycles. The van der Waals surface area contributed by atoms with Crippen LogP contribution in [-0.2, 0) is 0 Å². The number of benzene rings is 1. The smallest absolute Gasteiger partial charge is 0.162 e. The van der Waals surface area contributed by atoms with E-state index in [1.165, 1.54) is 0 Å². The summed E-state index contributed by atoms with van der Waals surface area (Å²) in [6, 6.07) is 7.79. The average Bonchev–Trinajstić information content (AvgIpc) is 2.38. The van der Waals surface area contributed by atoms with E-state index in [0.29, 0.717) is 6.42 Å². The number of hydrogen-bond donors (Lipinski definition) is 1. The normalized spacial score (nSPS) is 11.3. The maximum Gasteiger partial charge on any atom is 0.162 e. The summed E-state index contributed by atoms with van der Waals surface area (Å²) in [6.07, 6.45) is 2.73. The van der Waals surface area contributed by atoms with Crippen molar-refractivity contribution in [1.29, 1.82) is 0 Å². The molecule has 0 heterocycles. The highest BCUT2D eigenvalue weighted by molar-refractivity contribution is 5.96. The van der Waals surface area contributed by atoms with E-state index in [1.54, 1.807) is 0 Å². The molecule has 1 aromatic rings. The fourth-order valence-corrected chi connectivity index (χ4v) is 1.72. The van der Waals surface area contributed by atoms with Gasteiger partial charge in [0.15, 0.2) is 5.78 Å². The van der Waals surface area contributed by atoms with Crippen LogP contribution in [0.3, 0.4) is 0 Å². The maximum atomic E-state index is 11.5. The van der Waals surface area contributed by atoms with Crippen molar-refractivity contribution < 1.29 is 4.79 Å². The molecule has 2 heteroatoms. The van der Waals surface area contributed by atoms with Crippen LogP contribution < -0.4 is 5.32 Å². The van der Waals surface area contributed by atoms with Crippen LogP contribution >= 0.6 is 0 Å². The fraction of sp³-hybridized carbons (Fsp3) is 0.533. The Morgan fingerprint density at radius 1 is 1.12 bits per heavy atom. The van der Waals surface area contributed by atoms with Gasteiger partial charge in [-0.25, -0.2) is 0 Å². The number of anilines is 1. The summed E-state index contributed by atoms with van der Waals surface area (Å²) in [5, 5.41) is 3.53. The zero-order valence-corrected chi connectivity index (χ0v) is 11.3. The quantitative estimate of drug-likeness (QED) is 0.743. The SMILES string of the molecule is CCC(=O)c1ccc(NC(C)(CC)CC)cc1. The molecular formula is C15H23NO. The predicted molar refractivity (Wildman–Crippen MR) is 73.7 cm³/mol. The lowest BCUT2D eigenvalue weighted by molar-refractivity contribution is 0.0988. The van der Waals surface area contributed by atoms with Crippen LogP contribution in [0.2, 0.25) is 0 Å².